The lowest BCUT2D eigenvalue weighted by molar-refractivity contribution is -0.115. The Hall–Kier alpha value is -2.56. The summed E-state index contributed by atoms with van der Waals surface area (Å²) in [6.07, 6.45) is 0.00918. The van der Waals surface area contributed by atoms with Crippen molar-refractivity contribution in [3.8, 4) is 11.5 Å². The summed E-state index contributed by atoms with van der Waals surface area (Å²) in [5, 5.41) is 12.1. The minimum atomic E-state index is -0.514. The highest BCUT2D eigenvalue weighted by atomic mass is 19.1. The fraction of sp³-hybridized carbons (Fsp3) is 0.133. The van der Waals surface area contributed by atoms with E-state index in [1.54, 1.807) is 24.3 Å². The summed E-state index contributed by atoms with van der Waals surface area (Å²) in [5.41, 5.74) is 0.850. The lowest BCUT2D eigenvalue weighted by Crippen LogP contribution is -2.14. The average molecular weight is 275 g/mol. The van der Waals surface area contributed by atoms with E-state index < -0.39 is 5.82 Å². The lowest BCUT2D eigenvalue weighted by Gasteiger charge is -2.08. The minimum Gasteiger partial charge on any atom is -0.506 e. The van der Waals surface area contributed by atoms with E-state index in [0.717, 1.165) is 0 Å². The van der Waals surface area contributed by atoms with Crippen molar-refractivity contribution >= 4 is 11.6 Å². The molecule has 0 unspecified atom stereocenters. The molecule has 0 bridgehead atoms. The van der Waals surface area contributed by atoms with Gasteiger partial charge in [0.2, 0.25) is 5.91 Å². The van der Waals surface area contributed by atoms with Crippen LogP contribution in [0.5, 0.6) is 11.5 Å². The highest BCUT2D eigenvalue weighted by Gasteiger charge is 2.09. The number of halogens is 1. The third kappa shape index (κ3) is 3.26. The van der Waals surface area contributed by atoms with Gasteiger partial charge in [0.05, 0.1) is 19.2 Å². The molecule has 2 aromatic carbocycles. The Balaban J connectivity index is 2.05. The molecule has 4 nitrogen and oxygen atoms in total. The second-order valence-corrected chi connectivity index (χ2v) is 4.21. The van der Waals surface area contributed by atoms with Crippen LogP contribution in [0.1, 0.15) is 5.56 Å². The van der Waals surface area contributed by atoms with Crippen LogP contribution in [-0.4, -0.2) is 18.1 Å². The van der Waals surface area contributed by atoms with Gasteiger partial charge in [0.15, 0.2) is 11.6 Å². The molecule has 0 saturated carbocycles. The largest absolute Gasteiger partial charge is 0.506 e. The molecule has 5 heteroatoms. The zero-order valence-corrected chi connectivity index (χ0v) is 10.9. The van der Waals surface area contributed by atoms with Crippen molar-refractivity contribution in [2.45, 2.75) is 6.42 Å². The quantitative estimate of drug-likeness (QED) is 0.843. The number of phenols is 1. The molecule has 0 saturated heterocycles. The molecule has 2 rings (SSSR count). The second-order valence-electron chi connectivity index (χ2n) is 4.21. The Kier molecular flexibility index (Phi) is 4.20. The summed E-state index contributed by atoms with van der Waals surface area (Å²) in [6.45, 7) is 0. The fourth-order valence-corrected chi connectivity index (χ4v) is 1.78. The summed E-state index contributed by atoms with van der Waals surface area (Å²) in [4.78, 5) is 11.8. The molecular formula is C15H14FNO3. The zero-order chi connectivity index (χ0) is 14.5. The number of hydrogen-bond donors (Lipinski definition) is 2. The highest BCUT2D eigenvalue weighted by molar-refractivity contribution is 5.93. The molecule has 20 heavy (non-hydrogen) atoms. The van der Waals surface area contributed by atoms with Crippen LogP contribution in [-0.2, 0) is 11.2 Å². The number of benzene rings is 2. The van der Waals surface area contributed by atoms with Gasteiger partial charge in [-0.2, -0.15) is 0 Å². The monoisotopic (exact) mass is 275 g/mol. The molecule has 0 fully saturated rings. The molecule has 0 atom stereocenters. The molecule has 0 aliphatic rings. The highest BCUT2D eigenvalue weighted by Crippen LogP contribution is 2.22. The van der Waals surface area contributed by atoms with E-state index in [9.17, 15) is 14.3 Å². The van der Waals surface area contributed by atoms with E-state index in [1.165, 1.54) is 25.3 Å². The van der Waals surface area contributed by atoms with Crippen LogP contribution in [0.4, 0.5) is 10.1 Å². The predicted molar refractivity (Wildman–Crippen MR) is 73.4 cm³/mol. The molecule has 104 valence electrons. The number of carbonyl (C=O) groups excluding carboxylic acids is 1. The van der Waals surface area contributed by atoms with Gasteiger partial charge in [-0.15, -0.1) is 0 Å². The summed E-state index contributed by atoms with van der Waals surface area (Å²) in [6, 6.07) is 10.8. The van der Waals surface area contributed by atoms with Gasteiger partial charge >= 0.3 is 0 Å². The Morgan fingerprint density at radius 3 is 2.70 bits per heavy atom. The normalized spacial score (nSPS) is 10.1. The summed E-state index contributed by atoms with van der Waals surface area (Å²) >= 11 is 0. The van der Waals surface area contributed by atoms with E-state index in [0.29, 0.717) is 11.3 Å². The Bertz CT molecular complexity index is 628. The molecule has 0 aromatic heterocycles. The summed E-state index contributed by atoms with van der Waals surface area (Å²) < 4.78 is 18.3. The number of ether oxygens (including phenoxy) is 1. The first-order valence-electron chi connectivity index (χ1n) is 6.00. The van der Waals surface area contributed by atoms with Crippen molar-refractivity contribution in [2.24, 2.45) is 0 Å². The Labute approximate surface area is 115 Å². The maximum absolute atomic E-state index is 13.5. The van der Waals surface area contributed by atoms with Gasteiger partial charge in [0.1, 0.15) is 5.75 Å². The Morgan fingerprint density at radius 1 is 1.30 bits per heavy atom. The van der Waals surface area contributed by atoms with Crippen molar-refractivity contribution in [2.75, 3.05) is 12.4 Å². The van der Waals surface area contributed by atoms with Crippen LogP contribution < -0.4 is 10.1 Å². The molecule has 2 aromatic rings. The van der Waals surface area contributed by atoms with Crippen molar-refractivity contribution in [1.82, 2.24) is 0 Å². The molecule has 0 heterocycles. The van der Waals surface area contributed by atoms with Crippen molar-refractivity contribution in [3.05, 3.63) is 53.8 Å². The van der Waals surface area contributed by atoms with Crippen LogP contribution in [0.25, 0.3) is 0 Å². The SMILES string of the molecule is COc1ccc(CC(=O)Nc2ccccc2O)cc1F. The molecule has 0 aliphatic heterocycles. The van der Waals surface area contributed by atoms with Gasteiger partial charge < -0.3 is 15.2 Å². The van der Waals surface area contributed by atoms with Crippen LogP contribution in [0.3, 0.4) is 0 Å². The number of para-hydroxylation sites is 2. The Morgan fingerprint density at radius 2 is 2.05 bits per heavy atom. The van der Waals surface area contributed by atoms with Crippen LogP contribution in [0, 0.1) is 5.82 Å². The number of aromatic hydroxyl groups is 1. The molecule has 2 N–H and O–H groups in total. The molecular weight excluding hydrogens is 261 g/mol. The van der Waals surface area contributed by atoms with Gasteiger partial charge in [0.25, 0.3) is 0 Å². The molecule has 0 radical (unpaired) electrons. The summed E-state index contributed by atoms with van der Waals surface area (Å²) in [5.74, 6) is -0.729. The van der Waals surface area contributed by atoms with Crippen molar-refractivity contribution in [1.29, 1.82) is 0 Å². The number of hydrogen-bond acceptors (Lipinski definition) is 3. The number of rotatable bonds is 4. The van der Waals surface area contributed by atoms with Crippen molar-refractivity contribution in [3.63, 3.8) is 0 Å². The van der Waals surface area contributed by atoms with Gasteiger partial charge in [0, 0.05) is 0 Å². The van der Waals surface area contributed by atoms with E-state index in [4.69, 9.17) is 4.74 Å². The zero-order valence-electron chi connectivity index (χ0n) is 10.9. The first-order chi connectivity index (χ1) is 9.60. The van der Waals surface area contributed by atoms with Gasteiger partial charge in [-0.1, -0.05) is 18.2 Å². The van der Waals surface area contributed by atoms with Gasteiger partial charge in [-0.25, -0.2) is 4.39 Å². The number of phenolic OH excluding ortho intramolecular Hbond substituents is 1. The van der Waals surface area contributed by atoms with Gasteiger partial charge in [-0.05, 0) is 29.8 Å². The topological polar surface area (TPSA) is 58.6 Å². The lowest BCUT2D eigenvalue weighted by atomic mass is 10.1. The van der Waals surface area contributed by atoms with E-state index in [-0.39, 0.29) is 23.8 Å². The fourth-order valence-electron chi connectivity index (χ4n) is 1.78. The second kappa shape index (κ2) is 6.06. The van der Waals surface area contributed by atoms with E-state index in [1.807, 2.05) is 0 Å². The number of amides is 1. The minimum absolute atomic E-state index is 0.00918. The van der Waals surface area contributed by atoms with E-state index in [2.05, 4.69) is 5.32 Å². The average Bonchev–Trinajstić information content (AvgIpc) is 2.41. The maximum Gasteiger partial charge on any atom is 0.228 e. The third-order valence-corrected chi connectivity index (χ3v) is 2.76. The molecule has 0 aliphatic carbocycles. The first-order valence-corrected chi connectivity index (χ1v) is 6.00. The predicted octanol–water partition coefficient (Wildman–Crippen LogP) is 2.72. The smallest absolute Gasteiger partial charge is 0.228 e. The third-order valence-electron chi connectivity index (χ3n) is 2.76. The molecule has 1 amide bonds. The van der Waals surface area contributed by atoms with E-state index >= 15 is 0 Å². The van der Waals surface area contributed by atoms with Crippen LogP contribution >= 0.6 is 0 Å². The molecule has 0 spiro atoms. The standard InChI is InChI=1S/C15H14FNO3/c1-20-14-7-6-10(8-11(14)16)9-15(19)17-12-4-2-3-5-13(12)18/h2-8,18H,9H2,1H3,(H,17,19). The van der Waals surface area contributed by atoms with Crippen LogP contribution in [0.2, 0.25) is 0 Å². The first kappa shape index (κ1) is 13.9. The van der Waals surface area contributed by atoms with Crippen molar-refractivity contribution < 1.29 is 19.0 Å². The van der Waals surface area contributed by atoms with Crippen LogP contribution in [0.15, 0.2) is 42.5 Å². The number of carbonyl (C=O) groups is 1. The number of anilines is 1. The summed E-state index contributed by atoms with van der Waals surface area (Å²) in [7, 11) is 1.38. The maximum atomic E-state index is 13.5. The number of methoxy groups -OCH3 is 1. The van der Waals surface area contributed by atoms with Gasteiger partial charge in [-0.3, -0.25) is 4.79 Å². The number of nitrogens with one attached hydrogen (secondary N) is 1.